The fraction of sp³-hybridized carbons (Fsp3) is 1.00. The monoisotopic (exact) mass is 128 g/mol. The summed E-state index contributed by atoms with van der Waals surface area (Å²) in [4.78, 5) is 0. The first-order chi connectivity index (χ1) is 4.38. The summed E-state index contributed by atoms with van der Waals surface area (Å²) in [6.07, 6.45) is 4.04. The summed E-state index contributed by atoms with van der Waals surface area (Å²) in [5.74, 6) is 0. The Morgan fingerprint density at radius 3 is 1.78 bits per heavy atom. The minimum Gasteiger partial charge on any atom is -0.315 e. The highest BCUT2D eigenvalue weighted by Gasteiger charge is 2.23. The normalized spacial score (nSPS) is 35.3. The quantitative estimate of drug-likeness (QED) is 0.560. The molecule has 2 atom stereocenters. The second-order valence-corrected chi connectivity index (χ2v) is 2.72. The van der Waals surface area contributed by atoms with E-state index in [1.807, 2.05) is 14.1 Å². The average molecular weight is 128 g/mol. The fourth-order valence-electron chi connectivity index (χ4n) is 1.65. The fourth-order valence-corrected chi connectivity index (χ4v) is 1.65. The summed E-state index contributed by atoms with van der Waals surface area (Å²) < 4.78 is 0. The first-order valence-corrected chi connectivity index (χ1v) is 3.73. The van der Waals surface area contributed by atoms with Crippen LogP contribution < -0.4 is 10.6 Å². The molecule has 9 heavy (non-hydrogen) atoms. The van der Waals surface area contributed by atoms with Crippen molar-refractivity contribution in [3.05, 3.63) is 0 Å². The number of hydrogen-bond acceptors (Lipinski definition) is 2. The third-order valence-corrected chi connectivity index (χ3v) is 2.26. The Bertz CT molecular complexity index is 73.0. The van der Waals surface area contributed by atoms with E-state index in [9.17, 15) is 0 Å². The molecule has 2 heteroatoms. The molecule has 0 aliphatic heterocycles. The lowest BCUT2D eigenvalue weighted by molar-refractivity contribution is 0.460. The molecular weight excluding hydrogens is 112 g/mol. The molecule has 1 aliphatic carbocycles. The first-order valence-electron chi connectivity index (χ1n) is 3.73. The van der Waals surface area contributed by atoms with E-state index in [1.54, 1.807) is 0 Å². The van der Waals surface area contributed by atoms with E-state index in [2.05, 4.69) is 10.6 Å². The number of hydrogen-bond donors (Lipinski definition) is 2. The van der Waals surface area contributed by atoms with Crippen LogP contribution in [0.4, 0.5) is 0 Å². The van der Waals surface area contributed by atoms with Gasteiger partial charge in [0.05, 0.1) is 0 Å². The van der Waals surface area contributed by atoms with Gasteiger partial charge in [-0.1, -0.05) is 6.42 Å². The van der Waals surface area contributed by atoms with E-state index in [4.69, 9.17) is 0 Å². The maximum absolute atomic E-state index is 3.30. The van der Waals surface area contributed by atoms with Crippen molar-refractivity contribution in [1.29, 1.82) is 0 Å². The molecule has 0 aromatic heterocycles. The maximum Gasteiger partial charge on any atom is 0.0218 e. The van der Waals surface area contributed by atoms with Crippen LogP contribution in [0, 0.1) is 0 Å². The van der Waals surface area contributed by atoms with Crippen molar-refractivity contribution < 1.29 is 0 Å². The molecule has 0 spiro atoms. The summed E-state index contributed by atoms with van der Waals surface area (Å²) in [6.45, 7) is 0. The highest BCUT2D eigenvalue weighted by atomic mass is 15.0. The third kappa shape index (κ3) is 1.43. The molecule has 1 fully saturated rings. The highest BCUT2D eigenvalue weighted by molar-refractivity contribution is 4.86. The molecular formula is C7H16N2. The van der Waals surface area contributed by atoms with Crippen molar-refractivity contribution in [3.8, 4) is 0 Å². The smallest absolute Gasteiger partial charge is 0.0218 e. The Morgan fingerprint density at radius 1 is 1.00 bits per heavy atom. The van der Waals surface area contributed by atoms with E-state index in [1.165, 1.54) is 19.3 Å². The molecule has 2 N–H and O–H groups in total. The van der Waals surface area contributed by atoms with Crippen molar-refractivity contribution in [1.82, 2.24) is 10.6 Å². The van der Waals surface area contributed by atoms with Crippen LogP contribution in [-0.2, 0) is 0 Å². The summed E-state index contributed by atoms with van der Waals surface area (Å²) in [7, 11) is 4.08. The van der Waals surface area contributed by atoms with E-state index in [-0.39, 0.29) is 0 Å². The van der Waals surface area contributed by atoms with Crippen molar-refractivity contribution >= 4 is 0 Å². The van der Waals surface area contributed by atoms with Crippen molar-refractivity contribution in [2.75, 3.05) is 14.1 Å². The predicted octanol–water partition coefficient (Wildman–Crippen LogP) is 0.346. The Labute approximate surface area is 57.0 Å². The van der Waals surface area contributed by atoms with E-state index < -0.39 is 0 Å². The molecule has 1 aliphatic rings. The molecule has 0 heterocycles. The Balaban J connectivity index is 2.32. The topological polar surface area (TPSA) is 24.1 Å². The molecule has 0 bridgehead atoms. The molecule has 54 valence electrons. The van der Waals surface area contributed by atoms with Gasteiger partial charge >= 0.3 is 0 Å². The number of nitrogens with one attached hydrogen (secondary N) is 2. The second-order valence-electron chi connectivity index (χ2n) is 2.72. The lowest BCUT2D eigenvalue weighted by Gasteiger charge is -2.17. The molecule has 0 saturated heterocycles. The Kier molecular flexibility index (Phi) is 2.49. The largest absolute Gasteiger partial charge is 0.315 e. The molecule has 1 rings (SSSR count). The SMILES string of the molecule is CN[C@H]1CCC[C@H]1NC. The zero-order valence-corrected chi connectivity index (χ0v) is 6.28. The Hall–Kier alpha value is -0.0800. The van der Waals surface area contributed by atoms with Gasteiger partial charge in [-0.25, -0.2) is 0 Å². The predicted molar refractivity (Wildman–Crippen MR) is 39.5 cm³/mol. The summed E-state index contributed by atoms with van der Waals surface area (Å²) in [5.41, 5.74) is 0. The van der Waals surface area contributed by atoms with E-state index >= 15 is 0 Å². The minimum atomic E-state index is 0.718. The number of rotatable bonds is 2. The zero-order chi connectivity index (χ0) is 6.69. The minimum absolute atomic E-state index is 0.718. The molecule has 0 amide bonds. The van der Waals surface area contributed by atoms with Crippen LogP contribution in [-0.4, -0.2) is 26.2 Å². The van der Waals surface area contributed by atoms with Crippen LogP contribution in [0.3, 0.4) is 0 Å². The van der Waals surface area contributed by atoms with Gasteiger partial charge in [-0.05, 0) is 26.9 Å². The van der Waals surface area contributed by atoms with Gasteiger partial charge in [-0.15, -0.1) is 0 Å². The molecule has 1 saturated carbocycles. The molecule has 0 radical (unpaired) electrons. The number of likely N-dealkylation sites (N-methyl/N-ethyl adjacent to an activating group) is 2. The second kappa shape index (κ2) is 3.18. The van der Waals surface area contributed by atoms with E-state index in [0.717, 1.165) is 12.1 Å². The summed E-state index contributed by atoms with van der Waals surface area (Å²) in [5, 5.41) is 6.60. The van der Waals surface area contributed by atoms with Crippen LogP contribution in [0.1, 0.15) is 19.3 Å². The molecule has 0 aromatic carbocycles. The van der Waals surface area contributed by atoms with Gasteiger partial charge in [0.2, 0.25) is 0 Å². The van der Waals surface area contributed by atoms with Crippen molar-refractivity contribution in [3.63, 3.8) is 0 Å². The summed E-state index contributed by atoms with van der Waals surface area (Å²) >= 11 is 0. The van der Waals surface area contributed by atoms with Gasteiger partial charge < -0.3 is 10.6 Å². The van der Waals surface area contributed by atoms with Crippen LogP contribution in [0.5, 0.6) is 0 Å². The lowest BCUT2D eigenvalue weighted by Crippen LogP contribution is -2.40. The van der Waals surface area contributed by atoms with Gasteiger partial charge in [0.1, 0.15) is 0 Å². The zero-order valence-electron chi connectivity index (χ0n) is 6.28. The van der Waals surface area contributed by atoms with Gasteiger partial charge in [-0.3, -0.25) is 0 Å². The summed E-state index contributed by atoms with van der Waals surface area (Å²) in [6, 6.07) is 1.44. The van der Waals surface area contributed by atoms with Crippen molar-refractivity contribution in [2.24, 2.45) is 0 Å². The first kappa shape index (κ1) is 7.03. The van der Waals surface area contributed by atoms with Crippen molar-refractivity contribution in [2.45, 2.75) is 31.3 Å². The van der Waals surface area contributed by atoms with Gasteiger partial charge in [0.15, 0.2) is 0 Å². The standard InChI is InChI=1S/C7H16N2/c1-8-6-4-3-5-7(6)9-2/h6-9H,3-5H2,1-2H3/t6-,7+. The maximum atomic E-state index is 3.30. The third-order valence-electron chi connectivity index (χ3n) is 2.26. The van der Waals surface area contributed by atoms with E-state index in [0.29, 0.717) is 0 Å². The van der Waals surface area contributed by atoms with Crippen LogP contribution in [0.15, 0.2) is 0 Å². The highest BCUT2D eigenvalue weighted by Crippen LogP contribution is 2.17. The van der Waals surface area contributed by atoms with Crippen LogP contribution >= 0.6 is 0 Å². The van der Waals surface area contributed by atoms with Gasteiger partial charge in [0.25, 0.3) is 0 Å². The average Bonchev–Trinajstić information content (AvgIpc) is 2.33. The molecule has 2 nitrogen and oxygen atoms in total. The van der Waals surface area contributed by atoms with Crippen LogP contribution in [0.2, 0.25) is 0 Å². The Morgan fingerprint density at radius 2 is 1.44 bits per heavy atom. The molecule has 0 unspecified atom stereocenters. The van der Waals surface area contributed by atoms with Gasteiger partial charge in [-0.2, -0.15) is 0 Å². The molecule has 0 aromatic rings. The van der Waals surface area contributed by atoms with Gasteiger partial charge in [0, 0.05) is 12.1 Å². The van der Waals surface area contributed by atoms with Crippen LogP contribution in [0.25, 0.3) is 0 Å². The lowest BCUT2D eigenvalue weighted by atomic mass is 10.2.